The normalized spacial score (nSPS) is 14.0. The van der Waals surface area contributed by atoms with E-state index in [1.807, 2.05) is 18.3 Å². The molecule has 0 saturated carbocycles. The molecule has 1 aromatic heterocycles. The van der Waals surface area contributed by atoms with E-state index < -0.39 is 6.10 Å². The topological polar surface area (TPSA) is 75.7 Å². The fourth-order valence-electron chi connectivity index (χ4n) is 2.90. The van der Waals surface area contributed by atoms with Gasteiger partial charge in [0.25, 0.3) is 0 Å². The molecule has 2 heterocycles. The predicted molar refractivity (Wildman–Crippen MR) is 94.1 cm³/mol. The first-order chi connectivity index (χ1) is 12.3. The van der Waals surface area contributed by atoms with Gasteiger partial charge in [-0.05, 0) is 29.8 Å². The molecule has 0 radical (unpaired) electrons. The minimum Gasteiger partial charge on any atom is -0.491 e. The number of fused-ring (bicyclic) bond motifs is 2. The monoisotopic (exact) mass is 340 g/mol. The predicted octanol–water partition coefficient (Wildman–Crippen LogP) is 2.43. The van der Waals surface area contributed by atoms with Crippen LogP contribution in [-0.4, -0.2) is 36.1 Å². The molecule has 6 heteroatoms. The van der Waals surface area contributed by atoms with Crippen molar-refractivity contribution in [1.29, 1.82) is 0 Å². The van der Waals surface area contributed by atoms with Crippen molar-refractivity contribution in [3.05, 3.63) is 54.2 Å². The van der Waals surface area contributed by atoms with Crippen LogP contribution in [0.15, 0.2) is 48.7 Å². The second-order valence-corrected chi connectivity index (χ2v) is 5.97. The Hall–Kier alpha value is -2.70. The summed E-state index contributed by atoms with van der Waals surface area (Å²) in [5.74, 6) is 2.04. The lowest BCUT2D eigenvalue weighted by atomic mass is 10.1. The van der Waals surface area contributed by atoms with Crippen LogP contribution in [0.3, 0.4) is 0 Å². The Bertz CT molecular complexity index is 862. The minimum atomic E-state index is -0.601. The van der Waals surface area contributed by atoms with E-state index in [4.69, 9.17) is 14.2 Å². The third kappa shape index (κ3) is 3.55. The fraction of sp³-hybridized carbons (Fsp3) is 0.263. The number of benzene rings is 2. The van der Waals surface area contributed by atoms with Crippen LogP contribution in [0.1, 0.15) is 5.56 Å². The summed E-state index contributed by atoms with van der Waals surface area (Å²) in [6, 6.07) is 13.6. The summed E-state index contributed by atoms with van der Waals surface area (Å²) < 4.78 is 16.2. The average molecular weight is 340 g/mol. The van der Waals surface area contributed by atoms with Crippen molar-refractivity contribution in [2.45, 2.75) is 12.6 Å². The summed E-state index contributed by atoms with van der Waals surface area (Å²) in [5.41, 5.74) is 2.31. The Morgan fingerprint density at radius 1 is 1.16 bits per heavy atom. The summed E-state index contributed by atoms with van der Waals surface area (Å²) >= 11 is 0. The van der Waals surface area contributed by atoms with Crippen LogP contribution < -0.4 is 19.5 Å². The van der Waals surface area contributed by atoms with Crippen LogP contribution in [0, 0.1) is 0 Å². The third-order valence-corrected chi connectivity index (χ3v) is 4.17. The minimum absolute atomic E-state index is 0.209. The maximum absolute atomic E-state index is 10.1. The van der Waals surface area contributed by atoms with Crippen LogP contribution in [0.4, 0.5) is 0 Å². The first kappa shape index (κ1) is 15.8. The number of aromatic amines is 1. The van der Waals surface area contributed by atoms with E-state index in [1.54, 1.807) is 18.2 Å². The molecule has 1 aliphatic heterocycles. The highest BCUT2D eigenvalue weighted by Crippen LogP contribution is 2.35. The number of aromatic nitrogens is 1. The molecule has 2 aromatic carbocycles. The molecule has 4 rings (SSSR count). The lowest BCUT2D eigenvalue weighted by Crippen LogP contribution is -2.31. The van der Waals surface area contributed by atoms with E-state index >= 15 is 0 Å². The molecule has 1 aliphatic rings. The zero-order valence-electron chi connectivity index (χ0n) is 13.7. The van der Waals surface area contributed by atoms with Crippen molar-refractivity contribution in [2.24, 2.45) is 0 Å². The summed E-state index contributed by atoms with van der Waals surface area (Å²) in [5, 5.41) is 14.6. The number of hydrogen-bond donors (Lipinski definition) is 3. The van der Waals surface area contributed by atoms with Gasteiger partial charge >= 0.3 is 0 Å². The zero-order chi connectivity index (χ0) is 17.1. The Kier molecular flexibility index (Phi) is 4.45. The van der Waals surface area contributed by atoms with Crippen LogP contribution in [-0.2, 0) is 6.54 Å². The average Bonchev–Trinajstić information content (AvgIpc) is 3.28. The highest BCUT2D eigenvalue weighted by atomic mass is 16.7. The Labute approximate surface area is 145 Å². The van der Waals surface area contributed by atoms with Crippen molar-refractivity contribution < 1.29 is 19.3 Å². The first-order valence-electron chi connectivity index (χ1n) is 8.26. The second kappa shape index (κ2) is 7.04. The Balaban J connectivity index is 1.25. The number of ether oxygens (including phenoxy) is 3. The number of aliphatic hydroxyl groups excluding tert-OH is 1. The number of H-pyrrole nitrogens is 1. The summed E-state index contributed by atoms with van der Waals surface area (Å²) in [6.07, 6.45) is 1.33. The summed E-state index contributed by atoms with van der Waals surface area (Å²) in [6.45, 7) is 1.59. The van der Waals surface area contributed by atoms with Gasteiger partial charge in [0.1, 0.15) is 18.5 Å². The third-order valence-electron chi connectivity index (χ3n) is 4.17. The maximum atomic E-state index is 10.1. The van der Waals surface area contributed by atoms with Crippen LogP contribution in [0.2, 0.25) is 0 Å². The number of rotatable bonds is 7. The van der Waals surface area contributed by atoms with E-state index in [0.29, 0.717) is 30.3 Å². The number of hydrogen-bond acceptors (Lipinski definition) is 5. The SMILES string of the molecule is OC(CNCc1cccc2[nH]ccc12)COc1ccc2c(c1)OCO2. The smallest absolute Gasteiger partial charge is 0.231 e. The molecule has 1 atom stereocenters. The molecule has 130 valence electrons. The van der Waals surface area contributed by atoms with Crippen molar-refractivity contribution in [1.82, 2.24) is 10.3 Å². The van der Waals surface area contributed by atoms with Gasteiger partial charge in [0.2, 0.25) is 6.79 Å². The highest BCUT2D eigenvalue weighted by Gasteiger charge is 2.14. The lowest BCUT2D eigenvalue weighted by molar-refractivity contribution is 0.106. The Morgan fingerprint density at radius 3 is 3.04 bits per heavy atom. The van der Waals surface area contributed by atoms with Gasteiger partial charge in [0.05, 0.1) is 0 Å². The van der Waals surface area contributed by atoms with Gasteiger partial charge in [-0.2, -0.15) is 0 Å². The molecule has 0 fully saturated rings. The Morgan fingerprint density at radius 2 is 2.08 bits per heavy atom. The molecule has 0 amide bonds. The molecular formula is C19H20N2O4. The van der Waals surface area contributed by atoms with Crippen molar-refractivity contribution in [3.63, 3.8) is 0 Å². The summed E-state index contributed by atoms with van der Waals surface area (Å²) in [7, 11) is 0. The van der Waals surface area contributed by atoms with Gasteiger partial charge in [0.15, 0.2) is 11.5 Å². The second-order valence-electron chi connectivity index (χ2n) is 5.97. The highest BCUT2D eigenvalue weighted by molar-refractivity contribution is 5.82. The molecular weight excluding hydrogens is 320 g/mol. The van der Waals surface area contributed by atoms with E-state index in [2.05, 4.69) is 22.4 Å². The molecule has 1 unspecified atom stereocenters. The van der Waals surface area contributed by atoms with Gasteiger partial charge in [-0.3, -0.25) is 0 Å². The van der Waals surface area contributed by atoms with E-state index in [-0.39, 0.29) is 13.4 Å². The molecule has 3 aromatic rings. The molecule has 0 bridgehead atoms. The van der Waals surface area contributed by atoms with E-state index in [1.165, 1.54) is 10.9 Å². The maximum Gasteiger partial charge on any atom is 0.231 e. The van der Waals surface area contributed by atoms with Crippen LogP contribution in [0.25, 0.3) is 10.9 Å². The molecule has 3 N–H and O–H groups in total. The van der Waals surface area contributed by atoms with Gasteiger partial charge in [-0.15, -0.1) is 0 Å². The molecule has 0 spiro atoms. The van der Waals surface area contributed by atoms with Gasteiger partial charge in [-0.1, -0.05) is 12.1 Å². The standard InChI is InChI=1S/C19H20N2O4/c22-14(11-23-15-4-5-18-19(8-15)25-12-24-18)10-20-9-13-2-1-3-17-16(13)6-7-21-17/h1-8,14,20-22H,9-12H2. The van der Waals surface area contributed by atoms with Gasteiger partial charge in [0, 0.05) is 36.3 Å². The van der Waals surface area contributed by atoms with E-state index in [9.17, 15) is 5.11 Å². The molecule has 0 saturated heterocycles. The molecule has 0 aliphatic carbocycles. The molecule has 6 nitrogen and oxygen atoms in total. The quantitative estimate of drug-likeness (QED) is 0.616. The van der Waals surface area contributed by atoms with Crippen molar-refractivity contribution >= 4 is 10.9 Å². The number of nitrogens with one attached hydrogen (secondary N) is 2. The fourth-order valence-corrected chi connectivity index (χ4v) is 2.90. The molecule has 25 heavy (non-hydrogen) atoms. The van der Waals surface area contributed by atoms with Gasteiger partial charge in [-0.25, -0.2) is 0 Å². The van der Waals surface area contributed by atoms with Crippen LogP contribution >= 0.6 is 0 Å². The zero-order valence-corrected chi connectivity index (χ0v) is 13.7. The van der Waals surface area contributed by atoms with Crippen molar-refractivity contribution in [2.75, 3.05) is 19.9 Å². The largest absolute Gasteiger partial charge is 0.491 e. The van der Waals surface area contributed by atoms with Crippen molar-refractivity contribution in [3.8, 4) is 17.2 Å². The summed E-state index contributed by atoms with van der Waals surface area (Å²) in [4.78, 5) is 3.20. The lowest BCUT2D eigenvalue weighted by Gasteiger charge is -2.14. The first-order valence-corrected chi connectivity index (χ1v) is 8.26. The van der Waals surface area contributed by atoms with Gasteiger partial charge < -0.3 is 29.6 Å². The van der Waals surface area contributed by atoms with E-state index in [0.717, 1.165) is 5.52 Å². The number of aliphatic hydroxyl groups is 1. The van der Waals surface area contributed by atoms with Crippen LogP contribution in [0.5, 0.6) is 17.2 Å².